The quantitative estimate of drug-likeness (QED) is 0.776. The SMILES string of the molecule is Cn1ccnc1-c1noc(Cc2ccccc2CN)n1. The van der Waals surface area contributed by atoms with E-state index in [1.165, 1.54) is 0 Å². The Morgan fingerprint density at radius 2 is 2.05 bits per heavy atom. The summed E-state index contributed by atoms with van der Waals surface area (Å²) in [6, 6.07) is 7.97. The molecule has 2 aromatic heterocycles. The van der Waals surface area contributed by atoms with E-state index in [2.05, 4.69) is 15.1 Å². The number of benzene rings is 1. The third-order valence-electron chi connectivity index (χ3n) is 3.17. The number of aryl methyl sites for hydroxylation is 1. The van der Waals surface area contributed by atoms with Crippen LogP contribution in [0.15, 0.2) is 41.2 Å². The molecule has 0 bridgehead atoms. The van der Waals surface area contributed by atoms with Crippen molar-refractivity contribution in [2.45, 2.75) is 13.0 Å². The fraction of sp³-hybridized carbons (Fsp3) is 0.214. The molecule has 0 atom stereocenters. The lowest BCUT2D eigenvalue weighted by molar-refractivity contribution is 0.385. The smallest absolute Gasteiger partial charge is 0.238 e. The number of nitrogens with zero attached hydrogens (tertiary/aromatic N) is 4. The molecule has 0 fully saturated rings. The topological polar surface area (TPSA) is 82.8 Å². The first kappa shape index (κ1) is 12.6. The van der Waals surface area contributed by atoms with Gasteiger partial charge in [-0.2, -0.15) is 4.98 Å². The van der Waals surface area contributed by atoms with Gasteiger partial charge in [-0.3, -0.25) is 0 Å². The second-order valence-electron chi connectivity index (χ2n) is 4.52. The van der Waals surface area contributed by atoms with Crippen LogP contribution < -0.4 is 5.73 Å². The summed E-state index contributed by atoms with van der Waals surface area (Å²) in [5.41, 5.74) is 7.92. The zero-order valence-electron chi connectivity index (χ0n) is 11.2. The lowest BCUT2D eigenvalue weighted by atomic mass is 10.0. The molecule has 6 nitrogen and oxygen atoms in total. The molecule has 0 aliphatic heterocycles. The van der Waals surface area contributed by atoms with Crippen LogP contribution in [0.4, 0.5) is 0 Å². The zero-order valence-corrected chi connectivity index (χ0v) is 11.2. The summed E-state index contributed by atoms with van der Waals surface area (Å²) in [6.07, 6.45) is 4.12. The Bertz CT molecular complexity index is 716. The van der Waals surface area contributed by atoms with Gasteiger partial charge in [0, 0.05) is 26.0 Å². The molecule has 0 spiro atoms. The van der Waals surface area contributed by atoms with E-state index in [9.17, 15) is 0 Å². The van der Waals surface area contributed by atoms with E-state index < -0.39 is 0 Å². The number of nitrogens with two attached hydrogens (primary N) is 1. The van der Waals surface area contributed by atoms with Gasteiger partial charge in [-0.25, -0.2) is 4.98 Å². The maximum Gasteiger partial charge on any atom is 0.238 e. The number of rotatable bonds is 4. The van der Waals surface area contributed by atoms with Crippen molar-refractivity contribution in [1.82, 2.24) is 19.7 Å². The molecule has 2 N–H and O–H groups in total. The van der Waals surface area contributed by atoms with E-state index in [0.29, 0.717) is 30.5 Å². The third kappa shape index (κ3) is 2.33. The molecule has 3 rings (SSSR count). The van der Waals surface area contributed by atoms with Crippen molar-refractivity contribution in [3.8, 4) is 11.6 Å². The molecule has 6 heteroatoms. The first-order chi connectivity index (χ1) is 9.78. The minimum absolute atomic E-state index is 0.497. The third-order valence-corrected chi connectivity index (χ3v) is 3.17. The van der Waals surface area contributed by atoms with Crippen LogP contribution in [0, 0.1) is 0 Å². The van der Waals surface area contributed by atoms with Gasteiger partial charge in [0.1, 0.15) is 0 Å². The van der Waals surface area contributed by atoms with Crippen molar-refractivity contribution in [2.75, 3.05) is 0 Å². The van der Waals surface area contributed by atoms with Crippen molar-refractivity contribution in [3.63, 3.8) is 0 Å². The molecule has 20 heavy (non-hydrogen) atoms. The van der Waals surface area contributed by atoms with Crippen molar-refractivity contribution in [2.24, 2.45) is 12.8 Å². The standard InChI is InChI=1S/C14H15N5O/c1-19-7-6-16-14(19)13-17-12(20-18-13)8-10-4-2-3-5-11(10)9-15/h2-7H,8-9,15H2,1H3. The number of hydrogen-bond acceptors (Lipinski definition) is 5. The summed E-state index contributed by atoms with van der Waals surface area (Å²) in [6.45, 7) is 0.497. The normalized spacial score (nSPS) is 10.9. The van der Waals surface area contributed by atoms with Crippen LogP contribution in [0.25, 0.3) is 11.6 Å². The highest BCUT2D eigenvalue weighted by atomic mass is 16.5. The molecule has 0 radical (unpaired) electrons. The van der Waals surface area contributed by atoms with E-state index in [1.807, 2.05) is 42.1 Å². The van der Waals surface area contributed by atoms with Crippen LogP contribution in [-0.4, -0.2) is 19.7 Å². The van der Waals surface area contributed by atoms with Crippen LogP contribution in [0.5, 0.6) is 0 Å². The zero-order chi connectivity index (χ0) is 13.9. The molecule has 2 heterocycles. The lowest BCUT2D eigenvalue weighted by Gasteiger charge is -2.03. The van der Waals surface area contributed by atoms with Crippen LogP contribution in [0.2, 0.25) is 0 Å². The Morgan fingerprint density at radius 1 is 1.25 bits per heavy atom. The van der Waals surface area contributed by atoms with E-state index >= 15 is 0 Å². The van der Waals surface area contributed by atoms with Gasteiger partial charge in [0.15, 0.2) is 5.82 Å². The van der Waals surface area contributed by atoms with Crippen LogP contribution in [0.1, 0.15) is 17.0 Å². The van der Waals surface area contributed by atoms with E-state index in [1.54, 1.807) is 6.20 Å². The molecule has 0 unspecified atom stereocenters. The van der Waals surface area contributed by atoms with Gasteiger partial charge in [-0.05, 0) is 11.1 Å². The van der Waals surface area contributed by atoms with Crippen LogP contribution >= 0.6 is 0 Å². The Morgan fingerprint density at radius 3 is 2.75 bits per heavy atom. The predicted molar refractivity (Wildman–Crippen MR) is 73.6 cm³/mol. The number of aromatic nitrogens is 4. The Hall–Kier alpha value is -2.47. The number of imidazole rings is 1. The first-order valence-corrected chi connectivity index (χ1v) is 6.35. The fourth-order valence-electron chi connectivity index (χ4n) is 2.09. The molecule has 0 saturated carbocycles. The lowest BCUT2D eigenvalue weighted by Crippen LogP contribution is -2.02. The van der Waals surface area contributed by atoms with E-state index in [-0.39, 0.29) is 0 Å². The summed E-state index contributed by atoms with van der Waals surface area (Å²) in [7, 11) is 1.89. The van der Waals surface area contributed by atoms with Gasteiger partial charge in [0.05, 0.1) is 6.42 Å². The Labute approximate surface area is 116 Å². The van der Waals surface area contributed by atoms with Gasteiger partial charge in [-0.15, -0.1) is 0 Å². The molecular weight excluding hydrogens is 254 g/mol. The molecule has 102 valence electrons. The van der Waals surface area contributed by atoms with Gasteiger partial charge in [0.2, 0.25) is 11.7 Å². The maximum atomic E-state index is 5.73. The summed E-state index contributed by atoms with van der Waals surface area (Å²) in [5, 5.41) is 3.97. The van der Waals surface area contributed by atoms with Gasteiger partial charge in [-0.1, -0.05) is 29.4 Å². The highest BCUT2D eigenvalue weighted by molar-refractivity contribution is 5.42. The molecule has 0 aliphatic carbocycles. The fourth-order valence-corrected chi connectivity index (χ4v) is 2.09. The van der Waals surface area contributed by atoms with Crippen molar-refractivity contribution in [3.05, 3.63) is 53.7 Å². The average Bonchev–Trinajstić information content (AvgIpc) is 3.08. The second kappa shape index (κ2) is 5.26. The van der Waals surface area contributed by atoms with Crippen molar-refractivity contribution < 1.29 is 4.52 Å². The Balaban J connectivity index is 1.86. The molecule has 0 aliphatic rings. The Kier molecular flexibility index (Phi) is 3.30. The molecule has 1 aromatic carbocycles. The average molecular weight is 269 g/mol. The summed E-state index contributed by atoms with van der Waals surface area (Å²) in [5.74, 6) is 1.74. The highest BCUT2D eigenvalue weighted by Crippen LogP contribution is 2.16. The van der Waals surface area contributed by atoms with Crippen LogP contribution in [0.3, 0.4) is 0 Å². The summed E-state index contributed by atoms with van der Waals surface area (Å²) < 4.78 is 7.14. The maximum absolute atomic E-state index is 5.73. The molecule has 0 amide bonds. The largest absolute Gasteiger partial charge is 0.339 e. The van der Waals surface area contributed by atoms with Crippen molar-refractivity contribution in [1.29, 1.82) is 0 Å². The molecule has 0 saturated heterocycles. The van der Waals surface area contributed by atoms with Gasteiger partial charge in [0.25, 0.3) is 0 Å². The predicted octanol–water partition coefficient (Wildman–Crippen LogP) is 1.52. The number of hydrogen-bond donors (Lipinski definition) is 1. The van der Waals surface area contributed by atoms with Gasteiger partial charge < -0.3 is 14.8 Å². The minimum atomic E-state index is 0.497. The summed E-state index contributed by atoms with van der Waals surface area (Å²) >= 11 is 0. The summed E-state index contributed by atoms with van der Waals surface area (Å²) in [4.78, 5) is 8.58. The second-order valence-corrected chi connectivity index (χ2v) is 4.52. The molecule has 3 aromatic rings. The minimum Gasteiger partial charge on any atom is -0.339 e. The van der Waals surface area contributed by atoms with Crippen molar-refractivity contribution >= 4 is 0 Å². The highest BCUT2D eigenvalue weighted by Gasteiger charge is 2.13. The van der Waals surface area contributed by atoms with Gasteiger partial charge >= 0.3 is 0 Å². The van der Waals surface area contributed by atoms with Crippen LogP contribution in [-0.2, 0) is 20.0 Å². The first-order valence-electron chi connectivity index (χ1n) is 6.35. The monoisotopic (exact) mass is 269 g/mol. The van der Waals surface area contributed by atoms with E-state index in [0.717, 1.165) is 11.1 Å². The molecular formula is C14H15N5O. The van der Waals surface area contributed by atoms with E-state index in [4.69, 9.17) is 10.3 Å².